The Bertz CT molecular complexity index is 476. The van der Waals surface area contributed by atoms with E-state index in [0.717, 1.165) is 26.1 Å². The Hall–Kier alpha value is -0.910. The van der Waals surface area contributed by atoms with Gasteiger partial charge in [-0.3, -0.25) is 10.1 Å². The molecule has 5 heteroatoms. The Kier molecular flexibility index (Phi) is 4.62. The number of nitrogens with zero attached hydrogens (tertiary/aromatic N) is 2. The summed E-state index contributed by atoms with van der Waals surface area (Å²) in [6, 6.07) is 4.19. The molecular weight excluding hydrogens is 282 g/mol. The third kappa shape index (κ3) is 3.00. The maximum atomic E-state index is 12.6. The summed E-state index contributed by atoms with van der Waals surface area (Å²) in [5, 5.41) is 5.61. The molecule has 116 valence electrons. The molecule has 0 aromatic carbocycles. The third-order valence-corrected chi connectivity index (χ3v) is 5.67. The molecule has 2 aliphatic rings. The van der Waals surface area contributed by atoms with Crippen LogP contribution in [0.3, 0.4) is 0 Å². The van der Waals surface area contributed by atoms with E-state index < -0.39 is 0 Å². The number of likely N-dealkylation sites (tertiary alicyclic amines) is 1. The van der Waals surface area contributed by atoms with Gasteiger partial charge in [0, 0.05) is 18.0 Å². The standard InChI is InChI=1S/C16H25N3OS/c1-3-13-16(20)19(11-12-7-8-18(4-2)10-12)15(17-13)14-6-5-9-21-14/h5-6,9,12-13,15,17H,3-4,7-8,10-11H2,1-2H3. The Balaban J connectivity index is 1.72. The molecule has 2 aliphatic heterocycles. The fraction of sp³-hybridized carbons (Fsp3) is 0.688. The molecular formula is C16H25N3OS. The van der Waals surface area contributed by atoms with Gasteiger partial charge < -0.3 is 9.80 Å². The fourth-order valence-electron chi connectivity index (χ4n) is 3.48. The predicted molar refractivity (Wildman–Crippen MR) is 86.2 cm³/mol. The van der Waals surface area contributed by atoms with Crippen molar-refractivity contribution in [2.24, 2.45) is 5.92 Å². The number of nitrogens with one attached hydrogen (secondary N) is 1. The van der Waals surface area contributed by atoms with Crippen LogP contribution >= 0.6 is 11.3 Å². The second-order valence-electron chi connectivity index (χ2n) is 6.08. The second-order valence-corrected chi connectivity index (χ2v) is 7.06. The second kappa shape index (κ2) is 6.46. The van der Waals surface area contributed by atoms with Crippen LogP contribution < -0.4 is 5.32 Å². The molecule has 3 atom stereocenters. The molecule has 3 unspecified atom stereocenters. The molecule has 0 radical (unpaired) electrons. The van der Waals surface area contributed by atoms with Crippen LogP contribution in [0.2, 0.25) is 0 Å². The van der Waals surface area contributed by atoms with Crippen molar-refractivity contribution in [1.29, 1.82) is 0 Å². The molecule has 3 heterocycles. The van der Waals surface area contributed by atoms with E-state index in [1.54, 1.807) is 11.3 Å². The average Bonchev–Trinajstić information content (AvgIpc) is 3.21. The van der Waals surface area contributed by atoms with Crippen LogP contribution in [0.5, 0.6) is 0 Å². The Morgan fingerprint density at radius 3 is 2.90 bits per heavy atom. The normalized spacial score (nSPS) is 30.5. The highest BCUT2D eigenvalue weighted by Gasteiger charge is 2.40. The van der Waals surface area contributed by atoms with E-state index in [2.05, 4.69) is 46.5 Å². The Morgan fingerprint density at radius 2 is 2.29 bits per heavy atom. The van der Waals surface area contributed by atoms with E-state index >= 15 is 0 Å². The quantitative estimate of drug-likeness (QED) is 0.906. The first-order valence-corrected chi connectivity index (χ1v) is 8.93. The van der Waals surface area contributed by atoms with Crippen molar-refractivity contribution in [3.05, 3.63) is 22.4 Å². The van der Waals surface area contributed by atoms with Crippen LogP contribution in [-0.2, 0) is 4.79 Å². The van der Waals surface area contributed by atoms with Crippen molar-refractivity contribution in [3.8, 4) is 0 Å². The van der Waals surface area contributed by atoms with Gasteiger partial charge >= 0.3 is 0 Å². The fourth-order valence-corrected chi connectivity index (χ4v) is 4.27. The van der Waals surface area contributed by atoms with Gasteiger partial charge in [-0.15, -0.1) is 11.3 Å². The summed E-state index contributed by atoms with van der Waals surface area (Å²) in [4.78, 5) is 18.5. The van der Waals surface area contributed by atoms with Crippen LogP contribution in [-0.4, -0.2) is 47.9 Å². The number of carbonyl (C=O) groups excluding carboxylic acids is 1. The summed E-state index contributed by atoms with van der Waals surface area (Å²) in [5.41, 5.74) is 0. The SMILES string of the molecule is CCC1NC(c2cccs2)N(CC2CCN(CC)C2)C1=O. The smallest absolute Gasteiger partial charge is 0.241 e. The van der Waals surface area contributed by atoms with Gasteiger partial charge in [0.05, 0.1) is 6.04 Å². The highest BCUT2D eigenvalue weighted by Crippen LogP contribution is 2.31. The lowest BCUT2D eigenvalue weighted by Crippen LogP contribution is -2.36. The highest BCUT2D eigenvalue weighted by atomic mass is 32.1. The molecule has 4 nitrogen and oxygen atoms in total. The topological polar surface area (TPSA) is 35.6 Å². The first kappa shape index (κ1) is 15.0. The van der Waals surface area contributed by atoms with E-state index in [0.29, 0.717) is 5.92 Å². The summed E-state index contributed by atoms with van der Waals surface area (Å²) in [7, 11) is 0. The van der Waals surface area contributed by atoms with Crippen molar-refractivity contribution in [2.45, 2.75) is 38.9 Å². The zero-order valence-corrected chi connectivity index (χ0v) is 13.7. The lowest BCUT2D eigenvalue weighted by molar-refractivity contribution is -0.130. The predicted octanol–water partition coefficient (Wildman–Crippen LogP) is 2.30. The molecule has 2 saturated heterocycles. The van der Waals surface area contributed by atoms with Gasteiger partial charge in [-0.25, -0.2) is 0 Å². The first-order chi connectivity index (χ1) is 10.2. The van der Waals surface area contributed by atoms with E-state index in [-0.39, 0.29) is 18.1 Å². The van der Waals surface area contributed by atoms with E-state index in [1.165, 1.54) is 17.8 Å². The number of rotatable bonds is 5. The minimum Gasteiger partial charge on any atom is -0.320 e. The minimum atomic E-state index is -0.0132. The molecule has 0 spiro atoms. The summed E-state index contributed by atoms with van der Waals surface area (Å²) >= 11 is 1.73. The zero-order chi connectivity index (χ0) is 14.8. The van der Waals surface area contributed by atoms with Gasteiger partial charge in [0.15, 0.2) is 0 Å². The van der Waals surface area contributed by atoms with E-state index in [4.69, 9.17) is 0 Å². The lowest BCUT2D eigenvalue weighted by atomic mass is 10.1. The molecule has 0 aliphatic carbocycles. The Morgan fingerprint density at radius 1 is 1.43 bits per heavy atom. The van der Waals surface area contributed by atoms with Crippen LogP contribution in [0.4, 0.5) is 0 Å². The summed E-state index contributed by atoms with van der Waals surface area (Å²) in [6.07, 6.45) is 2.16. The van der Waals surface area contributed by atoms with E-state index in [1.807, 2.05) is 0 Å². The van der Waals surface area contributed by atoms with Gasteiger partial charge in [0.1, 0.15) is 6.17 Å². The van der Waals surface area contributed by atoms with Crippen LogP contribution in [0.15, 0.2) is 17.5 Å². The van der Waals surface area contributed by atoms with Gasteiger partial charge in [0.25, 0.3) is 0 Å². The van der Waals surface area contributed by atoms with Crippen molar-refractivity contribution < 1.29 is 4.79 Å². The van der Waals surface area contributed by atoms with Crippen molar-refractivity contribution in [2.75, 3.05) is 26.2 Å². The summed E-state index contributed by atoms with van der Waals surface area (Å²) in [6.45, 7) is 8.62. The molecule has 1 N–H and O–H groups in total. The molecule has 0 saturated carbocycles. The molecule has 3 rings (SSSR count). The molecule has 1 aromatic rings. The number of carbonyl (C=O) groups is 1. The van der Waals surface area contributed by atoms with Crippen LogP contribution in [0.1, 0.15) is 37.7 Å². The maximum absolute atomic E-state index is 12.6. The Labute approximate surface area is 131 Å². The van der Waals surface area contributed by atoms with Crippen molar-refractivity contribution in [3.63, 3.8) is 0 Å². The van der Waals surface area contributed by atoms with Gasteiger partial charge in [0.2, 0.25) is 5.91 Å². The molecule has 0 bridgehead atoms. The monoisotopic (exact) mass is 307 g/mol. The number of hydrogen-bond acceptors (Lipinski definition) is 4. The molecule has 21 heavy (non-hydrogen) atoms. The van der Waals surface area contributed by atoms with Gasteiger partial charge in [-0.05, 0) is 43.3 Å². The lowest BCUT2D eigenvalue weighted by Gasteiger charge is -2.26. The van der Waals surface area contributed by atoms with E-state index in [9.17, 15) is 4.79 Å². The number of amides is 1. The molecule has 1 amide bonds. The number of thiophene rings is 1. The van der Waals surface area contributed by atoms with Crippen molar-refractivity contribution >= 4 is 17.2 Å². The van der Waals surface area contributed by atoms with Gasteiger partial charge in [-0.1, -0.05) is 19.9 Å². The summed E-state index contributed by atoms with van der Waals surface area (Å²) < 4.78 is 0. The van der Waals surface area contributed by atoms with Crippen LogP contribution in [0, 0.1) is 5.92 Å². The molecule has 1 aromatic heterocycles. The van der Waals surface area contributed by atoms with Crippen LogP contribution in [0.25, 0.3) is 0 Å². The third-order valence-electron chi connectivity index (χ3n) is 4.74. The molecule has 2 fully saturated rings. The first-order valence-electron chi connectivity index (χ1n) is 8.05. The van der Waals surface area contributed by atoms with Crippen molar-refractivity contribution in [1.82, 2.24) is 15.1 Å². The minimum absolute atomic E-state index is 0.0132. The highest BCUT2D eigenvalue weighted by molar-refractivity contribution is 7.10. The average molecular weight is 307 g/mol. The zero-order valence-electron chi connectivity index (χ0n) is 12.9. The summed E-state index contributed by atoms with van der Waals surface area (Å²) in [5.74, 6) is 0.902. The maximum Gasteiger partial charge on any atom is 0.241 e. The number of hydrogen-bond donors (Lipinski definition) is 1. The largest absolute Gasteiger partial charge is 0.320 e. The van der Waals surface area contributed by atoms with Gasteiger partial charge in [-0.2, -0.15) is 0 Å².